The number of halogens is 3. The van der Waals surface area contributed by atoms with E-state index in [9.17, 15) is 18.0 Å². The summed E-state index contributed by atoms with van der Waals surface area (Å²) in [5.74, 6) is 0.396. The quantitative estimate of drug-likeness (QED) is 0.784. The number of hydrogen-bond acceptors (Lipinski definition) is 2. The van der Waals surface area contributed by atoms with E-state index in [0.717, 1.165) is 38.2 Å². The fourth-order valence-electron chi connectivity index (χ4n) is 3.50. The highest BCUT2D eigenvalue weighted by molar-refractivity contribution is 5.76. The van der Waals surface area contributed by atoms with E-state index in [0.29, 0.717) is 25.4 Å². The number of allylic oxidation sites excluding steroid dienone is 2. The molecule has 1 aromatic heterocycles. The largest absolute Gasteiger partial charge is 0.435 e. The maximum absolute atomic E-state index is 12.7. The van der Waals surface area contributed by atoms with Gasteiger partial charge in [0.05, 0.1) is 6.04 Å². The first-order chi connectivity index (χ1) is 11.4. The maximum Gasteiger partial charge on any atom is 0.435 e. The van der Waals surface area contributed by atoms with Crippen molar-refractivity contribution in [2.24, 2.45) is 5.92 Å². The summed E-state index contributed by atoms with van der Waals surface area (Å²) in [6, 6.07) is 0.814. The summed E-state index contributed by atoms with van der Waals surface area (Å²) in [5.41, 5.74) is -0.877. The SMILES string of the molecule is O=C(C[C@H]1C=CCCC1)N1CCC[C@@H](n2ccc(C(F)(F)F)n2)C1. The number of carbonyl (C=O) groups excluding carboxylic acids is 1. The standard InChI is InChI=1S/C17H22F3N3O/c18-17(19,20)15-8-10-23(21-15)14-7-4-9-22(12-14)16(24)11-13-5-2-1-3-6-13/h2,5,8,10,13-14H,1,3-4,6-7,9,11-12H2/t13-,14+/m0/s1. The van der Waals surface area contributed by atoms with Crippen LogP contribution < -0.4 is 0 Å². The van der Waals surface area contributed by atoms with E-state index in [1.54, 1.807) is 4.90 Å². The van der Waals surface area contributed by atoms with Crippen LogP contribution in [-0.4, -0.2) is 33.7 Å². The smallest absolute Gasteiger partial charge is 0.341 e. The molecule has 0 aromatic carbocycles. The Morgan fingerprint density at radius 3 is 2.79 bits per heavy atom. The third kappa shape index (κ3) is 3.99. The molecule has 7 heteroatoms. The molecule has 1 saturated heterocycles. The molecule has 0 bridgehead atoms. The van der Waals surface area contributed by atoms with Gasteiger partial charge >= 0.3 is 6.18 Å². The molecular formula is C17H22F3N3O. The van der Waals surface area contributed by atoms with E-state index in [1.807, 2.05) is 0 Å². The summed E-state index contributed by atoms with van der Waals surface area (Å²) in [7, 11) is 0. The Bertz CT molecular complexity index is 608. The number of piperidine rings is 1. The Balaban J connectivity index is 1.61. The number of alkyl halides is 3. The fraction of sp³-hybridized carbons (Fsp3) is 0.647. The van der Waals surface area contributed by atoms with E-state index in [-0.39, 0.29) is 11.9 Å². The van der Waals surface area contributed by atoms with E-state index >= 15 is 0 Å². The van der Waals surface area contributed by atoms with Crippen molar-refractivity contribution in [3.63, 3.8) is 0 Å². The molecule has 2 heterocycles. The molecule has 2 atom stereocenters. The summed E-state index contributed by atoms with van der Waals surface area (Å²) in [6.45, 7) is 1.12. The van der Waals surface area contributed by atoms with Gasteiger partial charge < -0.3 is 4.90 Å². The molecule has 2 aliphatic rings. The molecule has 1 fully saturated rings. The van der Waals surface area contributed by atoms with Crippen molar-refractivity contribution in [3.8, 4) is 0 Å². The number of carbonyl (C=O) groups is 1. The van der Waals surface area contributed by atoms with Crippen molar-refractivity contribution in [2.45, 2.75) is 50.7 Å². The predicted molar refractivity (Wildman–Crippen MR) is 83.2 cm³/mol. The van der Waals surface area contributed by atoms with Crippen molar-refractivity contribution < 1.29 is 18.0 Å². The Morgan fingerprint density at radius 2 is 2.12 bits per heavy atom. The van der Waals surface area contributed by atoms with Crippen LogP contribution in [0.1, 0.15) is 50.3 Å². The lowest BCUT2D eigenvalue weighted by molar-refractivity contribution is -0.142. The van der Waals surface area contributed by atoms with Gasteiger partial charge in [-0.15, -0.1) is 0 Å². The van der Waals surface area contributed by atoms with Gasteiger partial charge in [-0.2, -0.15) is 18.3 Å². The Kier molecular flexibility index (Phi) is 4.96. The average Bonchev–Trinajstić information content (AvgIpc) is 3.06. The summed E-state index contributed by atoms with van der Waals surface area (Å²) in [6.07, 6.45) is 6.44. The zero-order chi connectivity index (χ0) is 17.2. The van der Waals surface area contributed by atoms with Crippen LogP contribution in [0.5, 0.6) is 0 Å². The van der Waals surface area contributed by atoms with Crippen LogP contribution >= 0.6 is 0 Å². The topological polar surface area (TPSA) is 38.1 Å². The molecule has 1 amide bonds. The Labute approximate surface area is 139 Å². The third-order valence-corrected chi connectivity index (χ3v) is 4.81. The van der Waals surface area contributed by atoms with Crippen molar-refractivity contribution in [1.29, 1.82) is 0 Å². The number of hydrogen-bond donors (Lipinski definition) is 0. The highest BCUT2D eigenvalue weighted by Gasteiger charge is 2.35. The van der Waals surface area contributed by atoms with Gasteiger partial charge in [0, 0.05) is 25.7 Å². The highest BCUT2D eigenvalue weighted by Crippen LogP contribution is 2.30. The van der Waals surface area contributed by atoms with E-state index in [4.69, 9.17) is 0 Å². The molecule has 0 N–H and O–H groups in total. The van der Waals surface area contributed by atoms with Crippen molar-refractivity contribution in [2.75, 3.05) is 13.1 Å². The minimum absolute atomic E-state index is 0.0967. The third-order valence-electron chi connectivity index (χ3n) is 4.81. The van der Waals surface area contributed by atoms with Crippen LogP contribution in [0.4, 0.5) is 13.2 Å². The molecule has 3 rings (SSSR count). The monoisotopic (exact) mass is 341 g/mol. The number of amides is 1. The van der Waals surface area contributed by atoms with Gasteiger partial charge in [-0.1, -0.05) is 12.2 Å². The van der Waals surface area contributed by atoms with Crippen LogP contribution in [0.3, 0.4) is 0 Å². The minimum atomic E-state index is -4.43. The number of nitrogens with zero attached hydrogens (tertiary/aromatic N) is 3. The molecule has 0 unspecified atom stereocenters. The Morgan fingerprint density at radius 1 is 1.29 bits per heavy atom. The van der Waals surface area contributed by atoms with Gasteiger partial charge in [-0.3, -0.25) is 9.48 Å². The molecule has 1 aliphatic heterocycles. The molecule has 1 aliphatic carbocycles. The van der Waals surface area contributed by atoms with Crippen LogP contribution in [0.25, 0.3) is 0 Å². The normalized spacial score (nSPS) is 25.0. The van der Waals surface area contributed by atoms with Gasteiger partial charge in [0.15, 0.2) is 5.69 Å². The fourth-order valence-corrected chi connectivity index (χ4v) is 3.50. The van der Waals surface area contributed by atoms with Crippen LogP contribution in [-0.2, 0) is 11.0 Å². The summed E-state index contributed by atoms with van der Waals surface area (Å²) >= 11 is 0. The second-order valence-electron chi connectivity index (χ2n) is 6.64. The first-order valence-corrected chi connectivity index (χ1v) is 8.50. The van der Waals surface area contributed by atoms with Crippen LogP contribution in [0.15, 0.2) is 24.4 Å². The number of likely N-dealkylation sites (tertiary alicyclic amines) is 1. The van der Waals surface area contributed by atoms with E-state index < -0.39 is 11.9 Å². The molecule has 132 valence electrons. The molecular weight excluding hydrogens is 319 g/mol. The second-order valence-corrected chi connectivity index (χ2v) is 6.64. The lowest BCUT2D eigenvalue weighted by Crippen LogP contribution is -2.41. The summed E-state index contributed by atoms with van der Waals surface area (Å²) in [5, 5.41) is 3.66. The van der Waals surface area contributed by atoms with Crippen molar-refractivity contribution in [1.82, 2.24) is 14.7 Å². The first-order valence-electron chi connectivity index (χ1n) is 8.50. The van der Waals surface area contributed by atoms with Crippen LogP contribution in [0, 0.1) is 5.92 Å². The molecule has 0 saturated carbocycles. The van der Waals surface area contributed by atoms with E-state index in [2.05, 4.69) is 17.3 Å². The van der Waals surface area contributed by atoms with E-state index in [1.165, 1.54) is 10.9 Å². The summed E-state index contributed by atoms with van der Waals surface area (Å²) in [4.78, 5) is 14.3. The van der Waals surface area contributed by atoms with Gasteiger partial charge in [0.2, 0.25) is 5.91 Å². The molecule has 24 heavy (non-hydrogen) atoms. The molecule has 1 aromatic rings. The minimum Gasteiger partial charge on any atom is -0.341 e. The average molecular weight is 341 g/mol. The number of aromatic nitrogens is 2. The van der Waals surface area contributed by atoms with Gasteiger partial charge in [-0.05, 0) is 44.1 Å². The lowest BCUT2D eigenvalue weighted by Gasteiger charge is -2.33. The van der Waals surface area contributed by atoms with Gasteiger partial charge in [-0.25, -0.2) is 0 Å². The molecule has 0 spiro atoms. The lowest BCUT2D eigenvalue weighted by atomic mass is 9.92. The van der Waals surface area contributed by atoms with Crippen LogP contribution in [0.2, 0.25) is 0 Å². The first kappa shape index (κ1) is 17.0. The zero-order valence-electron chi connectivity index (χ0n) is 13.5. The van der Waals surface area contributed by atoms with Gasteiger partial charge in [0.1, 0.15) is 0 Å². The van der Waals surface area contributed by atoms with Gasteiger partial charge in [0.25, 0.3) is 0 Å². The maximum atomic E-state index is 12.7. The molecule has 0 radical (unpaired) electrons. The van der Waals surface area contributed by atoms with Crippen molar-refractivity contribution in [3.05, 3.63) is 30.1 Å². The summed E-state index contributed by atoms with van der Waals surface area (Å²) < 4.78 is 39.4. The second kappa shape index (κ2) is 6.99. The van der Waals surface area contributed by atoms with Crippen molar-refractivity contribution >= 4 is 5.91 Å². The highest BCUT2D eigenvalue weighted by atomic mass is 19.4. The molecule has 4 nitrogen and oxygen atoms in total. The number of rotatable bonds is 3. The predicted octanol–water partition coefficient (Wildman–Crippen LogP) is 3.81. The zero-order valence-corrected chi connectivity index (χ0v) is 13.5. The Hall–Kier alpha value is -1.79.